The van der Waals surface area contributed by atoms with E-state index in [1.807, 2.05) is 27.7 Å². The Labute approximate surface area is 118 Å². The average molecular weight is 312 g/mol. The summed E-state index contributed by atoms with van der Waals surface area (Å²) >= 11 is 0.380. The Morgan fingerprint density at radius 3 is 1.70 bits per heavy atom. The highest BCUT2D eigenvalue weighted by Crippen LogP contribution is 2.46. The number of rotatable bonds is 1. The van der Waals surface area contributed by atoms with Crippen molar-refractivity contribution in [3.63, 3.8) is 0 Å². The third kappa shape index (κ3) is 4.17. The van der Waals surface area contributed by atoms with Crippen LogP contribution in [0, 0.1) is 22.7 Å². The third-order valence-corrected chi connectivity index (χ3v) is 2.58. The van der Waals surface area contributed by atoms with Gasteiger partial charge in [0.05, 0.1) is 11.1 Å². The predicted octanol–water partition coefficient (Wildman–Crippen LogP) is 5.20. The van der Waals surface area contributed by atoms with E-state index in [1.54, 1.807) is 0 Å². The Kier molecular flexibility index (Phi) is 8.76. The van der Waals surface area contributed by atoms with Crippen molar-refractivity contribution in [3.05, 3.63) is 21.4 Å². The highest BCUT2D eigenvalue weighted by atomic mass is 32.1. The van der Waals surface area contributed by atoms with Crippen molar-refractivity contribution in [2.75, 3.05) is 0 Å². The molecule has 0 saturated heterocycles. The zero-order chi connectivity index (χ0) is 16.6. The minimum absolute atomic E-state index is 0.380. The van der Waals surface area contributed by atoms with Crippen LogP contribution in [0.2, 0.25) is 0 Å². The Morgan fingerprint density at radius 2 is 1.40 bits per heavy atom. The number of halogens is 5. The van der Waals surface area contributed by atoms with Crippen LogP contribution in [0.25, 0.3) is 0 Å². The van der Waals surface area contributed by atoms with Crippen LogP contribution in [-0.2, 0) is 5.92 Å². The Morgan fingerprint density at radius 1 is 0.950 bits per heavy atom. The molecule has 1 aromatic rings. The molecule has 0 N–H and O–H groups in total. The molecular formula is C12H13F5N2S. The van der Waals surface area contributed by atoms with E-state index in [0.29, 0.717) is 16.7 Å². The number of hydrogen-bond donors (Lipinski definition) is 0. The molecule has 0 fully saturated rings. The topological polar surface area (TPSA) is 47.6 Å². The lowest BCUT2D eigenvalue weighted by Crippen LogP contribution is -2.33. The van der Waals surface area contributed by atoms with E-state index >= 15 is 0 Å². The summed E-state index contributed by atoms with van der Waals surface area (Å²) in [7, 11) is 0. The minimum Gasteiger partial charge on any atom is -0.192 e. The Bertz CT molecular complexity index is 491. The smallest absolute Gasteiger partial charge is 0.192 e. The maximum absolute atomic E-state index is 12.9. The van der Waals surface area contributed by atoms with Gasteiger partial charge in [-0.15, -0.1) is 11.3 Å². The number of hydrogen-bond acceptors (Lipinski definition) is 3. The van der Waals surface area contributed by atoms with Gasteiger partial charge in [-0.25, -0.2) is 0 Å². The van der Waals surface area contributed by atoms with Gasteiger partial charge in [0.15, 0.2) is 0 Å². The zero-order valence-electron chi connectivity index (χ0n) is 11.3. The van der Waals surface area contributed by atoms with Crippen LogP contribution in [0.1, 0.15) is 43.7 Å². The molecule has 8 heteroatoms. The van der Waals surface area contributed by atoms with Gasteiger partial charge in [0.2, 0.25) is 0 Å². The summed E-state index contributed by atoms with van der Waals surface area (Å²) in [5, 5.41) is 17.3. The molecular weight excluding hydrogens is 299 g/mol. The van der Waals surface area contributed by atoms with E-state index in [0.717, 1.165) is 0 Å². The van der Waals surface area contributed by atoms with E-state index < -0.39 is 28.1 Å². The molecule has 0 atom stereocenters. The lowest BCUT2D eigenvalue weighted by Gasteiger charge is -2.18. The first-order valence-electron chi connectivity index (χ1n) is 5.62. The fraction of sp³-hybridized carbons (Fsp3) is 0.500. The SMILES string of the molecule is CC.CC.N#Cc1scc(C(F)(F)C(F)(F)F)c1C#N. The minimum atomic E-state index is -5.79. The first-order chi connectivity index (χ1) is 9.25. The van der Waals surface area contributed by atoms with Gasteiger partial charge < -0.3 is 0 Å². The first kappa shape index (κ1) is 20.6. The van der Waals surface area contributed by atoms with Crippen molar-refractivity contribution >= 4 is 11.3 Å². The number of nitriles is 2. The molecule has 2 nitrogen and oxygen atoms in total. The molecule has 1 aromatic heterocycles. The van der Waals surface area contributed by atoms with Crippen molar-refractivity contribution in [2.45, 2.75) is 39.8 Å². The summed E-state index contributed by atoms with van der Waals surface area (Å²) in [5.74, 6) is -5.12. The molecule has 0 aliphatic rings. The highest BCUT2D eigenvalue weighted by Gasteiger charge is 2.60. The van der Waals surface area contributed by atoms with Crippen LogP contribution in [0.15, 0.2) is 5.38 Å². The summed E-state index contributed by atoms with van der Waals surface area (Å²) in [6.45, 7) is 8.00. The van der Waals surface area contributed by atoms with Gasteiger partial charge in [0.25, 0.3) is 0 Å². The maximum Gasteiger partial charge on any atom is 0.458 e. The molecule has 0 unspecified atom stereocenters. The van der Waals surface area contributed by atoms with Gasteiger partial charge >= 0.3 is 12.1 Å². The molecule has 0 bridgehead atoms. The second-order valence-electron chi connectivity index (χ2n) is 2.65. The van der Waals surface area contributed by atoms with Crippen LogP contribution in [-0.4, -0.2) is 6.18 Å². The van der Waals surface area contributed by atoms with E-state index in [2.05, 4.69) is 0 Å². The Hall–Kier alpha value is -1.67. The van der Waals surface area contributed by atoms with Gasteiger partial charge in [-0.2, -0.15) is 32.5 Å². The third-order valence-electron chi connectivity index (χ3n) is 1.70. The van der Waals surface area contributed by atoms with Crippen LogP contribution >= 0.6 is 11.3 Å². The number of thiophene rings is 1. The summed E-state index contributed by atoms with van der Waals surface area (Å²) in [6.07, 6.45) is -5.79. The lowest BCUT2D eigenvalue weighted by molar-refractivity contribution is -0.289. The van der Waals surface area contributed by atoms with Crippen LogP contribution in [0.5, 0.6) is 0 Å². The second-order valence-corrected chi connectivity index (χ2v) is 3.53. The molecule has 0 aromatic carbocycles. The molecule has 0 saturated carbocycles. The second kappa shape index (κ2) is 8.49. The van der Waals surface area contributed by atoms with E-state index in [9.17, 15) is 22.0 Å². The number of nitrogens with zero attached hydrogens (tertiary/aromatic N) is 2. The lowest BCUT2D eigenvalue weighted by atomic mass is 10.1. The van der Waals surface area contributed by atoms with Crippen molar-refractivity contribution in [2.24, 2.45) is 0 Å². The van der Waals surface area contributed by atoms with E-state index in [1.165, 1.54) is 12.1 Å². The van der Waals surface area contributed by atoms with Crippen LogP contribution in [0.3, 0.4) is 0 Å². The summed E-state index contributed by atoms with van der Waals surface area (Å²) in [4.78, 5) is -0.457. The van der Waals surface area contributed by atoms with Gasteiger partial charge in [0, 0.05) is 5.38 Å². The molecule has 0 aliphatic heterocycles. The summed E-state index contributed by atoms with van der Waals surface area (Å²) in [6, 6.07) is 2.57. The molecule has 0 aliphatic carbocycles. The molecule has 1 heterocycles. The number of alkyl halides is 5. The Balaban J connectivity index is 0. The average Bonchev–Trinajstić information content (AvgIpc) is 2.85. The maximum atomic E-state index is 12.9. The quantitative estimate of drug-likeness (QED) is 0.669. The van der Waals surface area contributed by atoms with Crippen LogP contribution < -0.4 is 0 Å². The molecule has 112 valence electrons. The van der Waals surface area contributed by atoms with Gasteiger partial charge in [0.1, 0.15) is 17.0 Å². The van der Waals surface area contributed by atoms with Crippen molar-refractivity contribution in [3.8, 4) is 12.1 Å². The monoisotopic (exact) mass is 312 g/mol. The molecule has 20 heavy (non-hydrogen) atoms. The van der Waals surface area contributed by atoms with E-state index in [-0.39, 0.29) is 0 Å². The summed E-state index contributed by atoms with van der Waals surface area (Å²) in [5.41, 5.74) is -2.39. The molecule has 1 rings (SSSR count). The fourth-order valence-electron chi connectivity index (χ4n) is 0.935. The van der Waals surface area contributed by atoms with Crippen molar-refractivity contribution < 1.29 is 22.0 Å². The normalized spacial score (nSPS) is 10.2. The van der Waals surface area contributed by atoms with Gasteiger partial charge in [-0.1, -0.05) is 27.7 Å². The van der Waals surface area contributed by atoms with Crippen molar-refractivity contribution in [1.29, 1.82) is 10.5 Å². The van der Waals surface area contributed by atoms with Crippen molar-refractivity contribution in [1.82, 2.24) is 0 Å². The summed E-state index contributed by atoms with van der Waals surface area (Å²) < 4.78 is 61.8. The van der Waals surface area contributed by atoms with Crippen LogP contribution in [0.4, 0.5) is 22.0 Å². The fourth-order valence-corrected chi connectivity index (χ4v) is 1.76. The zero-order valence-corrected chi connectivity index (χ0v) is 12.1. The van der Waals surface area contributed by atoms with Gasteiger partial charge in [-0.3, -0.25) is 0 Å². The largest absolute Gasteiger partial charge is 0.458 e. The molecule has 0 amide bonds. The predicted molar refractivity (Wildman–Crippen MR) is 66.4 cm³/mol. The molecule has 0 radical (unpaired) electrons. The first-order valence-corrected chi connectivity index (χ1v) is 6.50. The van der Waals surface area contributed by atoms with E-state index in [4.69, 9.17) is 10.5 Å². The molecule has 0 spiro atoms. The standard InChI is InChI=1S/C8HF5N2S.2C2H6/c9-7(10,8(11,12)13)5-3-16-6(2-15)4(5)1-14;2*1-2/h3H;2*1-2H3. The highest BCUT2D eigenvalue weighted by molar-refractivity contribution is 7.10. The van der Waals surface area contributed by atoms with Gasteiger partial charge in [-0.05, 0) is 0 Å².